The molecule has 0 saturated carbocycles. The SMILES string of the molecule is Cc1csc2c1NC(=O)N(CCO)C2. The number of rotatable bonds is 2. The van der Waals surface area contributed by atoms with Crippen LogP contribution in [0.25, 0.3) is 0 Å². The number of hydrogen-bond donors (Lipinski definition) is 2. The van der Waals surface area contributed by atoms with Gasteiger partial charge in [-0.25, -0.2) is 4.79 Å². The molecule has 5 heteroatoms. The molecule has 0 unspecified atom stereocenters. The first-order valence-corrected chi connectivity index (χ1v) is 5.34. The van der Waals surface area contributed by atoms with E-state index < -0.39 is 0 Å². The van der Waals surface area contributed by atoms with Crippen molar-refractivity contribution >= 4 is 23.1 Å². The number of nitrogens with zero attached hydrogens (tertiary/aromatic N) is 1. The van der Waals surface area contributed by atoms with Gasteiger partial charge in [0.1, 0.15) is 0 Å². The highest BCUT2D eigenvalue weighted by Gasteiger charge is 2.24. The fraction of sp³-hybridized carbons (Fsp3) is 0.444. The van der Waals surface area contributed by atoms with Crippen LogP contribution in [-0.4, -0.2) is 29.2 Å². The van der Waals surface area contributed by atoms with Crippen molar-refractivity contribution in [2.45, 2.75) is 13.5 Å². The van der Waals surface area contributed by atoms with Gasteiger partial charge in [-0.2, -0.15) is 0 Å². The van der Waals surface area contributed by atoms with Crippen LogP contribution in [-0.2, 0) is 6.54 Å². The Kier molecular flexibility index (Phi) is 2.43. The van der Waals surface area contributed by atoms with Crippen LogP contribution in [0.3, 0.4) is 0 Å². The van der Waals surface area contributed by atoms with Gasteiger partial charge in [-0.1, -0.05) is 0 Å². The number of aryl methyl sites for hydroxylation is 1. The molecule has 0 aromatic carbocycles. The van der Waals surface area contributed by atoms with Crippen molar-refractivity contribution in [3.63, 3.8) is 0 Å². The van der Waals surface area contributed by atoms with Crippen LogP contribution in [0.5, 0.6) is 0 Å². The van der Waals surface area contributed by atoms with Crippen molar-refractivity contribution < 1.29 is 9.90 Å². The largest absolute Gasteiger partial charge is 0.395 e. The molecule has 76 valence electrons. The summed E-state index contributed by atoms with van der Waals surface area (Å²) in [5.41, 5.74) is 2.07. The number of hydrogen-bond acceptors (Lipinski definition) is 3. The van der Waals surface area contributed by atoms with E-state index in [9.17, 15) is 4.79 Å². The predicted molar refractivity (Wildman–Crippen MR) is 55.6 cm³/mol. The minimum absolute atomic E-state index is 0.00705. The van der Waals surface area contributed by atoms with Crippen molar-refractivity contribution in [3.8, 4) is 0 Å². The smallest absolute Gasteiger partial charge is 0.322 e. The summed E-state index contributed by atoms with van der Waals surface area (Å²) < 4.78 is 0. The zero-order valence-electron chi connectivity index (χ0n) is 7.91. The average molecular weight is 212 g/mol. The molecule has 14 heavy (non-hydrogen) atoms. The summed E-state index contributed by atoms with van der Waals surface area (Å²) in [7, 11) is 0. The number of carbonyl (C=O) groups excluding carboxylic acids is 1. The molecule has 0 fully saturated rings. The van der Waals surface area contributed by atoms with E-state index in [2.05, 4.69) is 5.32 Å². The van der Waals surface area contributed by atoms with E-state index in [1.54, 1.807) is 16.2 Å². The molecular weight excluding hydrogens is 200 g/mol. The van der Waals surface area contributed by atoms with Gasteiger partial charge in [0.25, 0.3) is 0 Å². The zero-order valence-corrected chi connectivity index (χ0v) is 8.73. The number of aliphatic hydroxyl groups is 1. The molecule has 2 rings (SSSR count). The van der Waals surface area contributed by atoms with E-state index in [1.165, 1.54) is 0 Å². The van der Waals surface area contributed by atoms with E-state index in [0.29, 0.717) is 13.1 Å². The minimum atomic E-state index is -0.118. The number of β-amino-alcohol motifs (C(OH)–C–C–N with tert-alkyl or cyclic N) is 1. The van der Waals surface area contributed by atoms with Gasteiger partial charge in [0, 0.05) is 11.4 Å². The summed E-state index contributed by atoms with van der Waals surface area (Å²) in [5.74, 6) is 0. The topological polar surface area (TPSA) is 52.6 Å². The monoisotopic (exact) mass is 212 g/mol. The highest BCUT2D eigenvalue weighted by Crippen LogP contribution is 2.32. The maximum atomic E-state index is 11.5. The van der Waals surface area contributed by atoms with E-state index in [0.717, 1.165) is 16.1 Å². The zero-order chi connectivity index (χ0) is 10.1. The third kappa shape index (κ3) is 1.49. The van der Waals surface area contributed by atoms with Crippen LogP contribution in [0.15, 0.2) is 5.38 Å². The van der Waals surface area contributed by atoms with E-state index in [-0.39, 0.29) is 12.6 Å². The quantitative estimate of drug-likeness (QED) is 0.778. The van der Waals surface area contributed by atoms with Gasteiger partial charge in [-0.05, 0) is 17.9 Å². The Bertz CT molecular complexity index is 362. The standard InChI is InChI=1S/C9H12N2O2S/c1-6-5-14-7-4-11(2-3-12)9(13)10-8(6)7/h5,12H,2-4H2,1H3,(H,10,13). The van der Waals surface area contributed by atoms with Crippen molar-refractivity contribution in [1.29, 1.82) is 0 Å². The molecule has 1 aromatic rings. The Balaban J connectivity index is 2.23. The van der Waals surface area contributed by atoms with Gasteiger partial charge in [-0.3, -0.25) is 0 Å². The summed E-state index contributed by atoms with van der Waals surface area (Å²) in [4.78, 5) is 14.3. The van der Waals surface area contributed by atoms with Crippen LogP contribution in [0.1, 0.15) is 10.4 Å². The Labute approximate surface area is 86.2 Å². The highest BCUT2D eigenvalue weighted by atomic mass is 32.1. The van der Waals surface area contributed by atoms with Crippen LogP contribution in [0, 0.1) is 6.92 Å². The number of aliphatic hydroxyl groups excluding tert-OH is 1. The molecule has 1 aliphatic heterocycles. The van der Waals surface area contributed by atoms with E-state index in [4.69, 9.17) is 5.11 Å². The fourth-order valence-electron chi connectivity index (χ4n) is 1.51. The first kappa shape index (κ1) is 9.48. The second-order valence-corrected chi connectivity index (χ2v) is 4.26. The van der Waals surface area contributed by atoms with Gasteiger partial charge < -0.3 is 15.3 Å². The lowest BCUT2D eigenvalue weighted by Gasteiger charge is -2.27. The minimum Gasteiger partial charge on any atom is -0.395 e. The molecule has 0 aliphatic carbocycles. The predicted octanol–water partition coefficient (Wildman–Crippen LogP) is 1.40. The van der Waals surface area contributed by atoms with Crippen molar-refractivity contribution in [2.75, 3.05) is 18.5 Å². The first-order chi connectivity index (χ1) is 6.72. The molecule has 2 N–H and O–H groups in total. The van der Waals surface area contributed by atoms with Gasteiger partial charge in [0.05, 0.1) is 18.8 Å². The lowest BCUT2D eigenvalue weighted by atomic mass is 10.2. The van der Waals surface area contributed by atoms with Crippen LogP contribution in [0.4, 0.5) is 10.5 Å². The number of urea groups is 1. The normalized spacial score (nSPS) is 15.3. The average Bonchev–Trinajstić information content (AvgIpc) is 2.50. The van der Waals surface area contributed by atoms with Gasteiger partial charge >= 0.3 is 6.03 Å². The van der Waals surface area contributed by atoms with Gasteiger partial charge in [0.15, 0.2) is 0 Å². The molecule has 2 heterocycles. The van der Waals surface area contributed by atoms with Crippen molar-refractivity contribution in [2.24, 2.45) is 0 Å². The lowest BCUT2D eigenvalue weighted by molar-refractivity contribution is 0.184. The maximum Gasteiger partial charge on any atom is 0.322 e. The third-order valence-corrected chi connectivity index (χ3v) is 3.36. The van der Waals surface area contributed by atoms with Crippen molar-refractivity contribution in [3.05, 3.63) is 15.8 Å². The molecule has 4 nitrogen and oxygen atoms in total. The number of amides is 2. The third-order valence-electron chi connectivity index (χ3n) is 2.27. The Morgan fingerprint density at radius 2 is 2.50 bits per heavy atom. The van der Waals surface area contributed by atoms with Crippen LogP contribution >= 0.6 is 11.3 Å². The summed E-state index contributed by atoms with van der Waals surface area (Å²) in [5, 5.41) is 13.6. The van der Waals surface area contributed by atoms with Gasteiger partial charge in [-0.15, -0.1) is 11.3 Å². The molecule has 0 atom stereocenters. The van der Waals surface area contributed by atoms with E-state index in [1.807, 2.05) is 12.3 Å². The maximum absolute atomic E-state index is 11.5. The number of anilines is 1. The molecular formula is C9H12N2O2S. The number of fused-ring (bicyclic) bond motifs is 1. The molecule has 0 bridgehead atoms. The second-order valence-electron chi connectivity index (χ2n) is 3.29. The van der Waals surface area contributed by atoms with Crippen LogP contribution < -0.4 is 5.32 Å². The Hall–Kier alpha value is -1.07. The van der Waals surface area contributed by atoms with E-state index >= 15 is 0 Å². The number of carbonyl (C=O) groups is 1. The Morgan fingerprint density at radius 3 is 3.21 bits per heavy atom. The fourth-order valence-corrected chi connectivity index (χ4v) is 2.51. The lowest BCUT2D eigenvalue weighted by Crippen LogP contribution is -2.39. The second kappa shape index (κ2) is 3.59. The Morgan fingerprint density at radius 1 is 1.71 bits per heavy atom. The molecule has 1 aliphatic rings. The molecule has 1 aromatic heterocycles. The summed E-state index contributed by atoms with van der Waals surface area (Å²) >= 11 is 1.65. The summed E-state index contributed by atoms with van der Waals surface area (Å²) in [6, 6.07) is -0.118. The molecule has 0 spiro atoms. The van der Waals surface area contributed by atoms with Crippen molar-refractivity contribution in [1.82, 2.24) is 4.90 Å². The summed E-state index contributed by atoms with van der Waals surface area (Å²) in [6.07, 6.45) is 0. The summed E-state index contributed by atoms with van der Waals surface area (Å²) in [6.45, 7) is 2.99. The molecule has 2 amide bonds. The first-order valence-electron chi connectivity index (χ1n) is 4.46. The number of thiophene rings is 1. The molecule has 0 saturated heterocycles. The van der Waals surface area contributed by atoms with Gasteiger partial charge in [0.2, 0.25) is 0 Å². The highest BCUT2D eigenvalue weighted by molar-refractivity contribution is 7.10. The molecule has 0 radical (unpaired) electrons. The van der Waals surface area contributed by atoms with Crippen LogP contribution in [0.2, 0.25) is 0 Å². The number of nitrogens with one attached hydrogen (secondary N) is 1.